The van der Waals surface area contributed by atoms with Crippen molar-refractivity contribution in [3.63, 3.8) is 0 Å². The van der Waals surface area contributed by atoms with Gasteiger partial charge in [0.1, 0.15) is 0 Å². The third-order valence-corrected chi connectivity index (χ3v) is 6.83. The normalized spacial score (nSPS) is 10.6. The van der Waals surface area contributed by atoms with Gasteiger partial charge in [-0.15, -0.1) is 0 Å². The molecule has 6 nitrogen and oxygen atoms in total. The van der Waals surface area contributed by atoms with Gasteiger partial charge >= 0.3 is 17.9 Å². The van der Waals surface area contributed by atoms with Gasteiger partial charge in [0.15, 0.2) is 0 Å². The molecule has 0 aliphatic carbocycles. The highest BCUT2D eigenvalue weighted by atomic mass is 17.3. The van der Waals surface area contributed by atoms with Crippen molar-refractivity contribution >= 4 is 11.9 Å². The van der Waals surface area contributed by atoms with Gasteiger partial charge in [0.2, 0.25) is 0 Å². The molecule has 6 heteroatoms. The van der Waals surface area contributed by atoms with Gasteiger partial charge < -0.3 is 0 Å². The van der Waals surface area contributed by atoms with E-state index in [-0.39, 0.29) is 0 Å². The predicted molar refractivity (Wildman–Crippen MR) is 122 cm³/mol. The quantitative estimate of drug-likeness (QED) is 0.306. The van der Waals surface area contributed by atoms with Gasteiger partial charge in [0.25, 0.3) is 0 Å². The third-order valence-electron chi connectivity index (χ3n) is 6.83. The van der Waals surface area contributed by atoms with Crippen LogP contribution in [-0.4, -0.2) is 11.9 Å². The van der Waals surface area contributed by atoms with Crippen molar-refractivity contribution < 1.29 is 29.1 Å². The molecule has 2 aromatic carbocycles. The number of benzene rings is 2. The first-order valence-corrected chi connectivity index (χ1v) is 10.4. The van der Waals surface area contributed by atoms with Crippen LogP contribution < -0.4 is 0 Å². The third kappa shape index (κ3) is 4.49. The molecule has 2 aromatic rings. The molecule has 0 heterocycles. The fourth-order valence-electron chi connectivity index (χ4n) is 3.88. The smallest absolute Gasteiger partial charge is 0.243 e. The summed E-state index contributed by atoms with van der Waals surface area (Å²) in [5, 5.41) is 0. The molecule has 0 fully saturated rings. The topological polar surface area (TPSA) is 71.1 Å². The molecule has 2 rings (SSSR count). The molecule has 0 atom stereocenters. The van der Waals surface area contributed by atoms with E-state index < -0.39 is 17.9 Å². The van der Waals surface area contributed by atoms with Gasteiger partial charge in [0, 0.05) is 0 Å². The Morgan fingerprint density at radius 2 is 0.656 bits per heavy atom. The maximum atomic E-state index is 12.6. The lowest BCUT2D eigenvalue weighted by Crippen LogP contribution is -2.15. The van der Waals surface area contributed by atoms with E-state index in [2.05, 4.69) is 6.58 Å². The summed E-state index contributed by atoms with van der Waals surface area (Å²) in [4.78, 5) is 44.7. The van der Waals surface area contributed by atoms with E-state index in [1.54, 1.807) is 0 Å². The first-order valence-electron chi connectivity index (χ1n) is 10.4. The largest absolute Gasteiger partial charge is 0.386 e. The molecular formula is C26H32O6. The zero-order chi connectivity index (χ0) is 24.5. The Morgan fingerprint density at radius 1 is 0.438 bits per heavy atom. The van der Waals surface area contributed by atoms with Crippen LogP contribution in [0.4, 0.5) is 0 Å². The van der Waals surface area contributed by atoms with E-state index in [4.69, 9.17) is 19.6 Å². The van der Waals surface area contributed by atoms with Gasteiger partial charge in [-0.05, 0) is 131 Å². The molecule has 0 saturated heterocycles. The molecule has 0 aromatic heterocycles. The minimum atomic E-state index is -0.682. The molecule has 172 valence electrons. The standard InChI is InChI=1S/C26H32O6/c1-12-14(3)18(7)23(19(8)15(12)4)25(27)31-29-22(11)30-32-26(28)24-20(9)16(5)13(2)17(6)21(24)10/h11H2,1-10H3. The van der Waals surface area contributed by atoms with Crippen LogP contribution in [0.1, 0.15) is 76.4 Å². The second kappa shape index (κ2) is 9.47. The van der Waals surface area contributed by atoms with Crippen molar-refractivity contribution in [2.45, 2.75) is 69.2 Å². The van der Waals surface area contributed by atoms with E-state index in [1.807, 2.05) is 69.2 Å². The highest BCUT2D eigenvalue weighted by Gasteiger charge is 2.23. The van der Waals surface area contributed by atoms with Gasteiger partial charge in [-0.25, -0.2) is 29.1 Å². The van der Waals surface area contributed by atoms with Crippen LogP contribution in [0.25, 0.3) is 0 Å². The van der Waals surface area contributed by atoms with Crippen LogP contribution in [0, 0.1) is 69.2 Å². The van der Waals surface area contributed by atoms with Crippen LogP contribution in [0.3, 0.4) is 0 Å². The van der Waals surface area contributed by atoms with Crippen LogP contribution in [0.15, 0.2) is 12.5 Å². The Bertz CT molecular complexity index is 979. The van der Waals surface area contributed by atoms with Gasteiger partial charge in [-0.1, -0.05) is 0 Å². The minimum absolute atomic E-state index is 0.423. The van der Waals surface area contributed by atoms with Gasteiger partial charge in [-0.3, -0.25) is 0 Å². The molecule has 0 N–H and O–H groups in total. The zero-order valence-corrected chi connectivity index (χ0v) is 20.7. The number of hydrogen-bond donors (Lipinski definition) is 0. The van der Waals surface area contributed by atoms with Crippen LogP contribution >= 0.6 is 0 Å². The highest BCUT2D eigenvalue weighted by Crippen LogP contribution is 2.28. The predicted octanol–water partition coefficient (Wildman–Crippen LogP) is 6.12. The second-order valence-electron chi connectivity index (χ2n) is 8.28. The molecule has 0 aliphatic heterocycles. The molecule has 0 bridgehead atoms. The summed E-state index contributed by atoms with van der Waals surface area (Å²) in [7, 11) is 0. The monoisotopic (exact) mass is 440 g/mol. The molecule has 0 aliphatic rings. The van der Waals surface area contributed by atoms with E-state index in [1.165, 1.54) is 0 Å². The average molecular weight is 441 g/mol. The number of hydrogen-bond acceptors (Lipinski definition) is 6. The van der Waals surface area contributed by atoms with Crippen molar-refractivity contribution in [2.24, 2.45) is 0 Å². The number of rotatable bonds is 6. The average Bonchev–Trinajstić information content (AvgIpc) is 2.76. The van der Waals surface area contributed by atoms with Gasteiger partial charge in [0.05, 0.1) is 11.1 Å². The Morgan fingerprint density at radius 3 is 0.906 bits per heavy atom. The summed E-state index contributed by atoms with van der Waals surface area (Å²) < 4.78 is 0. The Kier molecular flexibility index (Phi) is 7.39. The molecule has 0 radical (unpaired) electrons. The molecule has 0 spiro atoms. The second-order valence-corrected chi connectivity index (χ2v) is 8.28. The summed E-state index contributed by atoms with van der Waals surface area (Å²) in [6, 6.07) is 0. The van der Waals surface area contributed by atoms with E-state index in [0.717, 1.165) is 55.6 Å². The maximum absolute atomic E-state index is 12.6. The summed E-state index contributed by atoms with van der Waals surface area (Å²) in [6.07, 6.45) is 0. The molecule has 0 unspecified atom stereocenters. The van der Waals surface area contributed by atoms with Crippen molar-refractivity contribution in [1.29, 1.82) is 0 Å². The maximum Gasteiger partial charge on any atom is 0.386 e. The summed E-state index contributed by atoms with van der Waals surface area (Å²) in [5.41, 5.74) is 10.4. The lowest BCUT2D eigenvalue weighted by atomic mass is 9.90. The van der Waals surface area contributed by atoms with Crippen LogP contribution in [-0.2, 0) is 19.6 Å². The van der Waals surface area contributed by atoms with Crippen LogP contribution in [0.5, 0.6) is 0 Å². The Hall–Kier alpha value is -3.28. The summed E-state index contributed by atoms with van der Waals surface area (Å²) in [5.74, 6) is -1.84. The molecule has 0 saturated carbocycles. The van der Waals surface area contributed by atoms with Crippen molar-refractivity contribution in [1.82, 2.24) is 0 Å². The SMILES string of the molecule is C=C(OOC(=O)c1c(C)c(C)c(C)c(C)c1C)OOC(=O)c1c(C)c(C)c(C)c(C)c1C. The first-order chi connectivity index (χ1) is 14.8. The van der Waals surface area contributed by atoms with E-state index in [9.17, 15) is 9.59 Å². The van der Waals surface area contributed by atoms with Crippen LogP contribution in [0.2, 0.25) is 0 Å². The fourth-order valence-corrected chi connectivity index (χ4v) is 3.88. The fraction of sp³-hybridized carbons (Fsp3) is 0.385. The van der Waals surface area contributed by atoms with E-state index >= 15 is 0 Å². The number of carbonyl (C=O) groups is 2. The lowest BCUT2D eigenvalue weighted by Gasteiger charge is -2.17. The lowest BCUT2D eigenvalue weighted by molar-refractivity contribution is -0.317. The Labute approximate surface area is 190 Å². The van der Waals surface area contributed by atoms with E-state index in [0.29, 0.717) is 11.1 Å². The van der Waals surface area contributed by atoms with Crippen molar-refractivity contribution in [3.8, 4) is 0 Å². The summed E-state index contributed by atoms with van der Waals surface area (Å²) >= 11 is 0. The Balaban J connectivity index is 2.07. The molecule has 0 amide bonds. The minimum Gasteiger partial charge on any atom is -0.243 e. The number of carbonyl (C=O) groups excluding carboxylic acids is 2. The van der Waals surface area contributed by atoms with Gasteiger partial charge in [-0.2, -0.15) is 0 Å². The van der Waals surface area contributed by atoms with Crippen molar-refractivity contribution in [3.05, 3.63) is 79.3 Å². The summed E-state index contributed by atoms with van der Waals surface area (Å²) in [6.45, 7) is 22.7. The highest BCUT2D eigenvalue weighted by molar-refractivity contribution is 5.94. The van der Waals surface area contributed by atoms with Crippen molar-refractivity contribution in [2.75, 3.05) is 0 Å². The first kappa shape index (κ1) is 25.0. The molecule has 32 heavy (non-hydrogen) atoms. The zero-order valence-electron chi connectivity index (χ0n) is 20.7. The molecular weight excluding hydrogens is 408 g/mol.